The molecule has 4 heteroatoms. The van der Waals surface area contributed by atoms with Gasteiger partial charge in [0.15, 0.2) is 0 Å². The number of hydrogen-bond donors (Lipinski definition) is 0. The molecule has 0 aromatic heterocycles. The Labute approximate surface area is 177 Å². The van der Waals surface area contributed by atoms with Crippen LogP contribution in [0.3, 0.4) is 0 Å². The van der Waals surface area contributed by atoms with Gasteiger partial charge in [0.1, 0.15) is 12.4 Å². The molecule has 0 aliphatic carbocycles. The molecule has 0 amide bonds. The van der Waals surface area contributed by atoms with Crippen LogP contribution in [0.1, 0.15) is 20.8 Å². The Kier molecular flexibility index (Phi) is 6.76. The van der Waals surface area contributed by atoms with Gasteiger partial charge in [0.25, 0.3) is 8.32 Å². The summed E-state index contributed by atoms with van der Waals surface area (Å²) in [5, 5.41) is 2.56. The van der Waals surface area contributed by atoms with E-state index in [1.807, 2.05) is 24.3 Å². The summed E-state index contributed by atoms with van der Waals surface area (Å²) in [6, 6.07) is 29.3. The standard InChI is InChI=1S/C24H27BrO2Si/c1-24(2,3)28(22-10-6-4-7-11-22,23-12-8-5-9-13-23)27-19-18-26-21-16-14-20(25)15-17-21/h4-17H,18-19H2,1-3H3. The normalized spacial score (nSPS) is 12.0. The van der Waals surface area contributed by atoms with Crippen LogP contribution in [-0.2, 0) is 4.43 Å². The maximum absolute atomic E-state index is 6.82. The Morgan fingerprint density at radius 1 is 0.714 bits per heavy atom. The number of hydrogen-bond acceptors (Lipinski definition) is 2. The van der Waals surface area contributed by atoms with E-state index in [1.165, 1.54) is 10.4 Å². The first kappa shape index (κ1) is 20.8. The van der Waals surface area contributed by atoms with E-state index in [4.69, 9.17) is 9.16 Å². The summed E-state index contributed by atoms with van der Waals surface area (Å²) in [5.41, 5.74) is 0. The Bertz CT molecular complexity index is 819. The molecule has 0 saturated heterocycles. The second kappa shape index (κ2) is 9.08. The van der Waals surface area contributed by atoms with Gasteiger partial charge in [-0.3, -0.25) is 0 Å². The molecule has 0 N–H and O–H groups in total. The molecular weight excluding hydrogens is 428 g/mol. The van der Waals surface area contributed by atoms with Crippen molar-refractivity contribution in [3.63, 3.8) is 0 Å². The van der Waals surface area contributed by atoms with Crippen molar-refractivity contribution in [2.75, 3.05) is 13.2 Å². The summed E-state index contributed by atoms with van der Waals surface area (Å²) in [6.45, 7) is 7.92. The first-order valence-corrected chi connectivity index (χ1v) is 12.3. The van der Waals surface area contributed by atoms with Crippen molar-refractivity contribution in [1.29, 1.82) is 0 Å². The maximum atomic E-state index is 6.82. The van der Waals surface area contributed by atoms with Crippen molar-refractivity contribution >= 4 is 34.6 Å². The summed E-state index contributed by atoms with van der Waals surface area (Å²) in [4.78, 5) is 0. The van der Waals surface area contributed by atoms with Crippen LogP contribution in [0.5, 0.6) is 5.75 Å². The molecule has 146 valence electrons. The lowest BCUT2D eigenvalue weighted by Crippen LogP contribution is -2.66. The third-order valence-electron chi connectivity index (χ3n) is 4.90. The molecule has 0 aliphatic rings. The van der Waals surface area contributed by atoms with Gasteiger partial charge in [-0.05, 0) is 39.7 Å². The number of ether oxygens (including phenoxy) is 1. The van der Waals surface area contributed by atoms with E-state index in [1.54, 1.807) is 0 Å². The lowest BCUT2D eigenvalue weighted by atomic mass is 10.2. The molecule has 0 atom stereocenters. The highest BCUT2D eigenvalue weighted by Crippen LogP contribution is 2.36. The summed E-state index contributed by atoms with van der Waals surface area (Å²) >= 11 is 3.45. The number of benzene rings is 3. The van der Waals surface area contributed by atoms with E-state index < -0.39 is 8.32 Å². The SMILES string of the molecule is CC(C)(C)[Si](OCCOc1ccc(Br)cc1)(c1ccccc1)c1ccccc1. The van der Waals surface area contributed by atoms with Crippen LogP contribution in [-0.4, -0.2) is 21.5 Å². The van der Waals surface area contributed by atoms with Gasteiger partial charge in [-0.2, -0.15) is 0 Å². The van der Waals surface area contributed by atoms with E-state index in [0.29, 0.717) is 13.2 Å². The molecule has 0 aliphatic heterocycles. The second-order valence-corrected chi connectivity index (χ2v) is 13.0. The first-order valence-electron chi connectivity index (χ1n) is 9.57. The van der Waals surface area contributed by atoms with Crippen LogP contribution in [0.2, 0.25) is 5.04 Å². The van der Waals surface area contributed by atoms with Crippen molar-refractivity contribution in [1.82, 2.24) is 0 Å². The van der Waals surface area contributed by atoms with Gasteiger partial charge in [0.05, 0.1) is 6.61 Å². The van der Waals surface area contributed by atoms with Crippen LogP contribution in [0, 0.1) is 0 Å². The van der Waals surface area contributed by atoms with Gasteiger partial charge in [-0.25, -0.2) is 0 Å². The summed E-state index contributed by atoms with van der Waals surface area (Å²) in [5.74, 6) is 0.856. The molecule has 2 nitrogen and oxygen atoms in total. The van der Waals surface area contributed by atoms with Crippen LogP contribution < -0.4 is 15.1 Å². The highest BCUT2D eigenvalue weighted by atomic mass is 79.9. The Morgan fingerprint density at radius 3 is 1.68 bits per heavy atom. The second-order valence-electron chi connectivity index (χ2n) is 7.81. The molecular formula is C24H27BrO2Si. The Balaban J connectivity index is 1.87. The minimum absolute atomic E-state index is 0.0205. The largest absolute Gasteiger partial charge is 0.491 e. The van der Waals surface area contributed by atoms with Crippen molar-refractivity contribution in [3.05, 3.63) is 89.4 Å². The number of halogens is 1. The van der Waals surface area contributed by atoms with Gasteiger partial charge in [-0.1, -0.05) is 97.4 Å². The van der Waals surface area contributed by atoms with E-state index in [2.05, 4.69) is 97.4 Å². The van der Waals surface area contributed by atoms with Crippen LogP contribution in [0.25, 0.3) is 0 Å². The van der Waals surface area contributed by atoms with Gasteiger partial charge < -0.3 is 9.16 Å². The van der Waals surface area contributed by atoms with Gasteiger partial charge in [0, 0.05) is 4.47 Å². The van der Waals surface area contributed by atoms with Crippen molar-refractivity contribution in [2.45, 2.75) is 25.8 Å². The lowest BCUT2D eigenvalue weighted by molar-refractivity contribution is 0.208. The minimum atomic E-state index is -2.48. The Hall–Kier alpha value is -1.88. The minimum Gasteiger partial charge on any atom is -0.491 e. The van der Waals surface area contributed by atoms with E-state index in [-0.39, 0.29) is 5.04 Å². The molecule has 0 heterocycles. The number of rotatable bonds is 7. The molecule has 0 radical (unpaired) electrons. The summed E-state index contributed by atoms with van der Waals surface area (Å²) < 4.78 is 13.8. The third-order valence-corrected chi connectivity index (χ3v) is 10.5. The molecule has 0 fully saturated rings. The van der Waals surface area contributed by atoms with Crippen LogP contribution in [0.4, 0.5) is 0 Å². The van der Waals surface area contributed by atoms with Crippen LogP contribution in [0.15, 0.2) is 89.4 Å². The zero-order valence-corrected chi connectivity index (χ0v) is 19.3. The molecule has 0 unspecified atom stereocenters. The quantitative estimate of drug-likeness (QED) is 0.351. The fourth-order valence-electron chi connectivity index (χ4n) is 3.65. The van der Waals surface area contributed by atoms with E-state index in [0.717, 1.165) is 10.2 Å². The van der Waals surface area contributed by atoms with E-state index >= 15 is 0 Å². The molecule has 28 heavy (non-hydrogen) atoms. The van der Waals surface area contributed by atoms with Crippen molar-refractivity contribution in [3.8, 4) is 5.75 Å². The fraction of sp³-hybridized carbons (Fsp3) is 0.250. The molecule has 3 aromatic rings. The van der Waals surface area contributed by atoms with Crippen LogP contribution >= 0.6 is 15.9 Å². The molecule has 3 aromatic carbocycles. The smallest absolute Gasteiger partial charge is 0.261 e. The van der Waals surface area contributed by atoms with Gasteiger partial charge in [0.2, 0.25) is 0 Å². The lowest BCUT2D eigenvalue weighted by Gasteiger charge is -2.43. The average Bonchev–Trinajstić information content (AvgIpc) is 2.70. The summed E-state index contributed by atoms with van der Waals surface area (Å²) in [6.07, 6.45) is 0. The van der Waals surface area contributed by atoms with Gasteiger partial charge >= 0.3 is 0 Å². The maximum Gasteiger partial charge on any atom is 0.261 e. The van der Waals surface area contributed by atoms with Gasteiger partial charge in [-0.15, -0.1) is 0 Å². The molecule has 0 saturated carbocycles. The average molecular weight is 455 g/mol. The molecule has 0 spiro atoms. The Morgan fingerprint density at radius 2 is 1.21 bits per heavy atom. The zero-order valence-electron chi connectivity index (χ0n) is 16.7. The topological polar surface area (TPSA) is 18.5 Å². The van der Waals surface area contributed by atoms with Crippen molar-refractivity contribution < 1.29 is 9.16 Å². The summed E-state index contributed by atoms with van der Waals surface area (Å²) in [7, 11) is -2.48. The highest BCUT2D eigenvalue weighted by Gasteiger charge is 2.50. The fourth-order valence-corrected chi connectivity index (χ4v) is 8.46. The predicted octanol–water partition coefficient (Wildman–Crippen LogP) is 5.40. The first-order chi connectivity index (χ1) is 13.4. The molecule has 0 bridgehead atoms. The predicted molar refractivity (Wildman–Crippen MR) is 123 cm³/mol. The zero-order chi connectivity index (χ0) is 20.0. The third kappa shape index (κ3) is 4.57. The monoisotopic (exact) mass is 454 g/mol. The molecule has 3 rings (SSSR count). The van der Waals surface area contributed by atoms with E-state index in [9.17, 15) is 0 Å². The highest BCUT2D eigenvalue weighted by molar-refractivity contribution is 9.10. The van der Waals surface area contributed by atoms with Crippen molar-refractivity contribution in [2.24, 2.45) is 0 Å².